The first-order valence-electron chi connectivity index (χ1n) is 5.90. The molecular weight excluding hydrogens is 384 g/mol. The predicted octanol–water partition coefficient (Wildman–Crippen LogP) is 0.894. The van der Waals surface area contributed by atoms with Gasteiger partial charge in [0.2, 0.25) is 0 Å². The Bertz CT molecular complexity index is 1110. The van der Waals surface area contributed by atoms with Crippen molar-refractivity contribution in [1.29, 1.82) is 0 Å². The SMILES string of the molecule is O=S(=O)(O)c1[c]ccc(-c2ccccc2S(=O)(=O)O)c1S(=O)(=O)O. The summed E-state index contributed by atoms with van der Waals surface area (Å²) in [4.78, 5) is -3.24. The fraction of sp³-hybridized carbons (Fsp3) is 0. The second-order valence-electron chi connectivity index (χ2n) is 4.47. The molecule has 0 saturated heterocycles. The number of hydrogen-bond acceptors (Lipinski definition) is 6. The monoisotopic (exact) mass is 393 g/mol. The van der Waals surface area contributed by atoms with Crippen molar-refractivity contribution in [3.63, 3.8) is 0 Å². The average Bonchev–Trinajstić information content (AvgIpc) is 2.44. The first kappa shape index (κ1) is 18.5. The van der Waals surface area contributed by atoms with Gasteiger partial charge in [-0.25, -0.2) is 0 Å². The zero-order valence-corrected chi connectivity index (χ0v) is 13.9. The molecule has 0 bridgehead atoms. The van der Waals surface area contributed by atoms with Gasteiger partial charge < -0.3 is 0 Å². The van der Waals surface area contributed by atoms with Gasteiger partial charge in [-0.05, 0) is 6.07 Å². The molecule has 0 saturated carbocycles. The highest BCUT2D eigenvalue weighted by Gasteiger charge is 2.30. The van der Waals surface area contributed by atoms with E-state index in [1.54, 1.807) is 0 Å². The third kappa shape index (κ3) is 3.63. The van der Waals surface area contributed by atoms with Crippen LogP contribution in [0.2, 0.25) is 0 Å². The summed E-state index contributed by atoms with van der Waals surface area (Å²) in [6.45, 7) is 0. The minimum Gasteiger partial charge on any atom is -0.282 e. The highest BCUT2D eigenvalue weighted by molar-refractivity contribution is 7.89. The van der Waals surface area contributed by atoms with Crippen LogP contribution in [-0.2, 0) is 30.4 Å². The van der Waals surface area contributed by atoms with Crippen molar-refractivity contribution in [3.8, 4) is 11.1 Å². The van der Waals surface area contributed by atoms with Gasteiger partial charge in [-0.2, -0.15) is 25.3 Å². The molecule has 9 nitrogen and oxygen atoms in total. The van der Waals surface area contributed by atoms with Crippen LogP contribution in [-0.4, -0.2) is 38.9 Å². The minimum atomic E-state index is -5.20. The van der Waals surface area contributed by atoms with E-state index < -0.39 is 56.2 Å². The normalized spacial score (nSPS) is 13.0. The van der Waals surface area contributed by atoms with Crippen molar-refractivity contribution in [2.45, 2.75) is 14.7 Å². The van der Waals surface area contributed by atoms with Gasteiger partial charge in [0.15, 0.2) is 0 Å². The largest absolute Gasteiger partial charge is 0.296 e. The maximum absolute atomic E-state index is 11.6. The third-order valence-corrected chi connectivity index (χ3v) is 5.71. The van der Waals surface area contributed by atoms with Crippen LogP contribution < -0.4 is 0 Å². The summed E-state index contributed by atoms with van der Waals surface area (Å²) >= 11 is 0. The molecule has 0 amide bonds. The molecule has 0 spiro atoms. The van der Waals surface area contributed by atoms with Crippen molar-refractivity contribution in [1.82, 2.24) is 0 Å². The van der Waals surface area contributed by atoms with E-state index in [2.05, 4.69) is 0 Å². The Kier molecular flexibility index (Phi) is 4.56. The first-order chi connectivity index (χ1) is 10.8. The van der Waals surface area contributed by atoms with Crippen molar-refractivity contribution in [2.24, 2.45) is 0 Å². The van der Waals surface area contributed by atoms with Crippen LogP contribution in [0.5, 0.6) is 0 Å². The van der Waals surface area contributed by atoms with E-state index >= 15 is 0 Å². The van der Waals surface area contributed by atoms with Crippen molar-refractivity contribution in [3.05, 3.63) is 42.5 Å². The molecule has 0 aliphatic rings. The highest BCUT2D eigenvalue weighted by Crippen LogP contribution is 2.35. The fourth-order valence-corrected chi connectivity index (χ4v) is 4.69. The Morgan fingerprint density at radius 2 is 1.29 bits per heavy atom. The van der Waals surface area contributed by atoms with Gasteiger partial charge in [0.05, 0.1) is 0 Å². The first-order valence-corrected chi connectivity index (χ1v) is 10.2. The molecule has 129 valence electrons. The van der Waals surface area contributed by atoms with Gasteiger partial charge in [-0.1, -0.05) is 30.3 Å². The molecule has 2 aromatic carbocycles. The maximum Gasteiger partial charge on any atom is 0.296 e. The van der Waals surface area contributed by atoms with Gasteiger partial charge in [0, 0.05) is 17.2 Å². The van der Waals surface area contributed by atoms with Crippen molar-refractivity contribution >= 4 is 30.4 Å². The number of benzene rings is 2. The Labute approximate surface area is 137 Å². The zero-order valence-electron chi connectivity index (χ0n) is 11.5. The fourth-order valence-electron chi connectivity index (χ4n) is 2.04. The van der Waals surface area contributed by atoms with Crippen LogP contribution in [0.4, 0.5) is 0 Å². The van der Waals surface area contributed by atoms with Crippen LogP contribution in [0.3, 0.4) is 0 Å². The van der Waals surface area contributed by atoms with E-state index in [-0.39, 0.29) is 0 Å². The lowest BCUT2D eigenvalue weighted by atomic mass is 10.1. The Morgan fingerprint density at radius 3 is 1.79 bits per heavy atom. The number of rotatable bonds is 4. The Balaban J connectivity index is 3.05. The lowest BCUT2D eigenvalue weighted by molar-refractivity contribution is 0.466. The zero-order chi connectivity index (χ0) is 18.3. The highest BCUT2D eigenvalue weighted by atomic mass is 32.2. The lowest BCUT2D eigenvalue weighted by Crippen LogP contribution is -2.11. The molecule has 1 radical (unpaired) electrons. The molecule has 2 rings (SSSR count). The van der Waals surface area contributed by atoms with Crippen molar-refractivity contribution < 1.29 is 38.9 Å². The molecule has 12 heteroatoms. The summed E-state index contributed by atoms with van der Waals surface area (Å²) in [6.07, 6.45) is 0. The molecular formula is C12H9O9S3. The van der Waals surface area contributed by atoms with E-state index in [0.717, 1.165) is 24.3 Å². The average molecular weight is 393 g/mol. The van der Waals surface area contributed by atoms with E-state index in [4.69, 9.17) is 4.55 Å². The molecule has 0 aliphatic heterocycles. The second kappa shape index (κ2) is 5.91. The van der Waals surface area contributed by atoms with Gasteiger partial charge in [-0.15, -0.1) is 0 Å². The van der Waals surface area contributed by atoms with E-state index in [1.807, 2.05) is 6.07 Å². The molecule has 3 N–H and O–H groups in total. The summed E-state index contributed by atoms with van der Waals surface area (Å²) < 4.78 is 96.5. The second-order valence-corrected chi connectivity index (χ2v) is 8.58. The van der Waals surface area contributed by atoms with Gasteiger partial charge in [-0.3, -0.25) is 13.7 Å². The quantitative estimate of drug-likeness (QED) is 0.640. The molecule has 0 aromatic heterocycles. The van der Waals surface area contributed by atoms with Crippen LogP contribution in [0.1, 0.15) is 0 Å². The van der Waals surface area contributed by atoms with E-state index in [0.29, 0.717) is 0 Å². The van der Waals surface area contributed by atoms with E-state index in [9.17, 15) is 34.4 Å². The van der Waals surface area contributed by atoms with Crippen molar-refractivity contribution in [2.75, 3.05) is 0 Å². The van der Waals surface area contributed by atoms with E-state index in [1.165, 1.54) is 12.1 Å². The molecule has 0 heterocycles. The Hall–Kier alpha value is -1.83. The van der Waals surface area contributed by atoms with Crippen LogP contribution >= 0.6 is 0 Å². The summed E-state index contributed by atoms with van der Waals surface area (Å²) in [7, 11) is -15.1. The smallest absolute Gasteiger partial charge is 0.282 e. The van der Waals surface area contributed by atoms with Gasteiger partial charge in [0.25, 0.3) is 30.4 Å². The molecule has 0 aliphatic carbocycles. The molecule has 0 atom stereocenters. The standard InChI is InChI=1S/C12H9O9S3/c13-22(14,15)10-6-2-1-4-8(10)9-5-3-7-11(23(16,17)18)12(9)24(19,20)21/h1-6H,(H,13,14,15)(H,16,17,18)(H,19,20,21). The van der Waals surface area contributed by atoms with Crippen LogP contribution in [0.15, 0.2) is 51.1 Å². The summed E-state index contributed by atoms with van der Waals surface area (Å²) in [5.74, 6) is 0. The van der Waals surface area contributed by atoms with Crippen LogP contribution in [0, 0.1) is 6.07 Å². The topological polar surface area (TPSA) is 163 Å². The minimum absolute atomic E-state index is 0.397. The third-order valence-electron chi connectivity index (χ3n) is 2.89. The molecule has 0 fully saturated rings. The molecule has 2 aromatic rings. The summed E-state index contributed by atoms with van der Waals surface area (Å²) in [5, 5.41) is 0. The van der Waals surface area contributed by atoms with Crippen LogP contribution in [0.25, 0.3) is 11.1 Å². The van der Waals surface area contributed by atoms with Gasteiger partial charge in [0.1, 0.15) is 14.7 Å². The lowest BCUT2D eigenvalue weighted by Gasteiger charge is -2.13. The molecule has 24 heavy (non-hydrogen) atoms. The summed E-state index contributed by atoms with van der Waals surface area (Å²) in [5.41, 5.74) is -0.955. The van der Waals surface area contributed by atoms with Gasteiger partial charge >= 0.3 is 0 Å². The molecule has 0 unspecified atom stereocenters. The Morgan fingerprint density at radius 1 is 0.708 bits per heavy atom. The predicted molar refractivity (Wildman–Crippen MR) is 80.2 cm³/mol. The summed E-state index contributed by atoms with van der Waals surface area (Å²) in [6, 6.07) is 8.39. The number of hydrogen-bond donors (Lipinski definition) is 3. The maximum atomic E-state index is 11.6.